The molecule has 0 saturated carbocycles. The summed E-state index contributed by atoms with van der Waals surface area (Å²) in [6.45, 7) is 0. The van der Waals surface area contributed by atoms with Gasteiger partial charge in [0.15, 0.2) is 0 Å². The Morgan fingerprint density at radius 3 is 2.59 bits per heavy atom. The summed E-state index contributed by atoms with van der Waals surface area (Å²) in [6, 6.07) is 10.5. The second-order valence-corrected chi connectivity index (χ2v) is 4.35. The largest absolute Gasteiger partial charge is 0.355 e. The number of benzene rings is 1. The van der Waals surface area contributed by atoms with Crippen LogP contribution in [0.1, 0.15) is 12.8 Å². The first-order valence-electron chi connectivity index (χ1n) is 6.13. The quantitative estimate of drug-likeness (QED) is 0.797. The molecule has 0 aromatic heterocycles. The van der Waals surface area contributed by atoms with Crippen molar-refractivity contribution in [2.24, 2.45) is 0 Å². The van der Waals surface area contributed by atoms with Crippen molar-refractivity contribution in [3.05, 3.63) is 54.1 Å². The molecule has 1 aromatic carbocycles. The van der Waals surface area contributed by atoms with Crippen LogP contribution in [0, 0.1) is 0 Å². The van der Waals surface area contributed by atoms with E-state index >= 15 is 0 Å². The molecular formula is C15H20N2. The molecule has 1 unspecified atom stereocenters. The van der Waals surface area contributed by atoms with Crippen molar-refractivity contribution in [1.29, 1.82) is 0 Å². The Balaban J connectivity index is 2.18. The zero-order chi connectivity index (χ0) is 12.1. The summed E-state index contributed by atoms with van der Waals surface area (Å²) in [6.07, 6.45) is 9.17. The first-order valence-corrected chi connectivity index (χ1v) is 6.13. The van der Waals surface area contributed by atoms with E-state index in [9.17, 15) is 0 Å². The van der Waals surface area contributed by atoms with Crippen LogP contribution in [0.4, 0.5) is 5.69 Å². The van der Waals surface area contributed by atoms with Gasteiger partial charge >= 0.3 is 0 Å². The minimum absolute atomic E-state index is 0.280. The van der Waals surface area contributed by atoms with Crippen LogP contribution >= 0.6 is 0 Å². The summed E-state index contributed by atoms with van der Waals surface area (Å²) in [5.41, 5.74) is 2.68. The maximum Gasteiger partial charge on any atom is 0.101 e. The van der Waals surface area contributed by atoms with Crippen LogP contribution in [-0.2, 0) is 0 Å². The van der Waals surface area contributed by atoms with Crippen molar-refractivity contribution in [3.8, 4) is 0 Å². The van der Waals surface area contributed by atoms with Crippen LogP contribution in [0.2, 0.25) is 0 Å². The Morgan fingerprint density at radius 1 is 1.24 bits per heavy atom. The van der Waals surface area contributed by atoms with E-state index in [2.05, 4.69) is 59.8 Å². The lowest BCUT2D eigenvalue weighted by atomic mass is 10.0. The van der Waals surface area contributed by atoms with Gasteiger partial charge in [0.05, 0.1) is 0 Å². The Morgan fingerprint density at radius 2 is 2.00 bits per heavy atom. The molecule has 0 heterocycles. The van der Waals surface area contributed by atoms with Crippen molar-refractivity contribution >= 4 is 5.69 Å². The monoisotopic (exact) mass is 228 g/mol. The Hall–Kier alpha value is -1.54. The highest BCUT2D eigenvalue weighted by Crippen LogP contribution is 2.22. The third-order valence-corrected chi connectivity index (χ3v) is 3.22. The van der Waals surface area contributed by atoms with E-state index in [-0.39, 0.29) is 6.17 Å². The predicted molar refractivity (Wildman–Crippen MR) is 74.1 cm³/mol. The van der Waals surface area contributed by atoms with Crippen molar-refractivity contribution in [1.82, 2.24) is 5.32 Å². The van der Waals surface area contributed by atoms with Gasteiger partial charge < -0.3 is 4.90 Å². The van der Waals surface area contributed by atoms with Gasteiger partial charge in [0.2, 0.25) is 0 Å². The first kappa shape index (κ1) is 11.9. The Kier molecular flexibility index (Phi) is 3.99. The van der Waals surface area contributed by atoms with Gasteiger partial charge in [-0.3, -0.25) is 5.32 Å². The van der Waals surface area contributed by atoms with Gasteiger partial charge in [-0.1, -0.05) is 36.4 Å². The lowest BCUT2D eigenvalue weighted by Gasteiger charge is -2.32. The number of rotatable bonds is 4. The van der Waals surface area contributed by atoms with Gasteiger partial charge in [0, 0.05) is 12.7 Å². The molecule has 0 fully saturated rings. The first-order chi connectivity index (χ1) is 8.33. The van der Waals surface area contributed by atoms with E-state index in [0.717, 1.165) is 12.8 Å². The van der Waals surface area contributed by atoms with E-state index in [1.54, 1.807) is 0 Å². The summed E-state index contributed by atoms with van der Waals surface area (Å²) in [4.78, 5) is 2.28. The highest BCUT2D eigenvalue weighted by molar-refractivity contribution is 5.48. The molecule has 0 bridgehead atoms. The molecule has 17 heavy (non-hydrogen) atoms. The van der Waals surface area contributed by atoms with Crippen molar-refractivity contribution in [2.45, 2.75) is 19.0 Å². The molecule has 1 aromatic rings. The fourth-order valence-corrected chi connectivity index (χ4v) is 2.29. The number of hydrogen-bond donors (Lipinski definition) is 1. The second kappa shape index (κ2) is 5.69. The molecule has 1 aliphatic rings. The summed E-state index contributed by atoms with van der Waals surface area (Å²) in [7, 11) is 4.15. The SMILES string of the molecule is CNC(C1=CC=CCC1)N(C)c1ccccc1. The maximum absolute atomic E-state index is 3.39. The molecule has 2 nitrogen and oxygen atoms in total. The highest BCUT2D eigenvalue weighted by Gasteiger charge is 2.17. The summed E-state index contributed by atoms with van der Waals surface area (Å²) in [5, 5.41) is 3.39. The molecule has 1 aliphatic carbocycles. The number of anilines is 1. The number of likely N-dealkylation sites (N-methyl/N-ethyl adjacent to an activating group) is 2. The van der Waals surface area contributed by atoms with E-state index in [0.29, 0.717) is 0 Å². The molecule has 0 saturated heterocycles. The normalized spacial score (nSPS) is 16.5. The average molecular weight is 228 g/mol. The fourth-order valence-electron chi connectivity index (χ4n) is 2.29. The van der Waals surface area contributed by atoms with Crippen molar-refractivity contribution < 1.29 is 0 Å². The number of para-hydroxylation sites is 1. The molecule has 2 rings (SSSR count). The molecule has 2 heteroatoms. The van der Waals surface area contributed by atoms with Crippen molar-refractivity contribution in [3.63, 3.8) is 0 Å². The molecule has 1 N–H and O–H groups in total. The van der Waals surface area contributed by atoms with Crippen LogP contribution in [0.3, 0.4) is 0 Å². The zero-order valence-corrected chi connectivity index (χ0v) is 10.6. The minimum Gasteiger partial charge on any atom is -0.355 e. The Labute approximate surface area is 104 Å². The average Bonchev–Trinajstić information content (AvgIpc) is 2.42. The minimum atomic E-state index is 0.280. The topological polar surface area (TPSA) is 15.3 Å². The lowest BCUT2D eigenvalue weighted by Crippen LogP contribution is -2.43. The van der Waals surface area contributed by atoms with Crippen LogP contribution in [-0.4, -0.2) is 20.3 Å². The van der Waals surface area contributed by atoms with E-state index in [1.165, 1.54) is 11.3 Å². The van der Waals surface area contributed by atoms with Crippen LogP contribution in [0.25, 0.3) is 0 Å². The second-order valence-electron chi connectivity index (χ2n) is 4.35. The molecule has 0 spiro atoms. The third-order valence-electron chi connectivity index (χ3n) is 3.22. The number of nitrogens with zero attached hydrogens (tertiary/aromatic N) is 1. The fraction of sp³-hybridized carbons (Fsp3) is 0.333. The van der Waals surface area contributed by atoms with Gasteiger partial charge in [-0.2, -0.15) is 0 Å². The third kappa shape index (κ3) is 2.77. The number of allylic oxidation sites excluding steroid dienone is 3. The van der Waals surface area contributed by atoms with Crippen LogP contribution in [0.15, 0.2) is 54.1 Å². The van der Waals surface area contributed by atoms with E-state index < -0.39 is 0 Å². The predicted octanol–water partition coefficient (Wildman–Crippen LogP) is 2.94. The Bertz CT molecular complexity index is 406. The summed E-state index contributed by atoms with van der Waals surface area (Å²) >= 11 is 0. The van der Waals surface area contributed by atoms with Gasteiger partial charge in [0.25, 0.3) is 0 Å². The smallest absolute Gasteiger partial charge is 0.101 e. The van der Waals surface area contributed by atoms with Crippen LogP contribution in [0.5, 0.6) is 0 Å². The molecule has 1 atom stereocenters. The highest BCUT2D eigenvalue weighted by atomic mass is 15.2. The summed E-state index contributed by atoms with van der Waals surface area (Å²) in [5.74, 6) is 0. The summed E-state index contributed by atoms with van der Waals surface area (Å²) < 4.78 is 0. The molecule has 0 aliphatic heterocycles. The van der Waals surface area contributed by atoms with E-state index in [4.69, 9.17) is 0 Å². The molecule has 90 valence electrons. The molecule has 0 amide bonds. The molecule has 0 radical (unpaired) electrons. The van der Waals surface area contributed by atoms with Gasteiger partial charge in [-0.15, -0.1) is 0 Å². The van der Waals surface area contributed by atoms with Crippen LogP contribution < -0.4 is 10.2 Å². The maximum atomic E-state index is 3.39. The van der Waals surface area contributed by atoms with E-state index in [1.807, 2.05) is 13.1 Å². The van der Waals surface area contributed by atoms with Gasteiger partial charge in [-0.25, -0.2) is 0 Å². The van der Waals surface area contributed by atoms with Gasteiger partial charge in [0.1, 0.15) is 6.17 Å². The number of hydrogen-bond acceptors (Lipinski definition) is 2. The molecular weight excluding hydrogens is 208 g/mol. The van der Waals surface area contributed by atoms with Gasteiger partial charge in [-0.05, 0) is 37.6 Å². The zero-order valence-electron chi connectivity index (χ0n) is 10.6. The van der Waals surface area contributed by atoms with Crippen molar-refractivity contribution in [2.75, 3.05) is 19.0 Å². The number of nitrogens with one attached hydrogen (secondary N) is 1. The lowest BCUT2D eigenvalue weighted by molar-refractivity contribution is 0.599. The standard InChI is InChI=1S/C15H20N2/c1-16-15(13-9-5-3-6-10-13)17(2)14-11-7-4-8-12-14/h3-5,7-9,11-12,15-16H,6,10H2,1-2H3.